The average Bonchev–Trinajstić information content (AvgIpc) is 2.71. The third-order valence-corrected chi connectivity index (χ3v) is 6.82. The van der Waals surface area contributed by atoms with E-state index in [9.17, 15) is 8.42 Å². The Kier molecular flexibility index (Phi) is 6.69. The SMILES string of the molecule is CCN(CC)CCN(c1ccc2c(c1)OCCO2)S(=O)(=O)c1ccc(Cl)cc1. The molecule has 6 nitrogen and oxygen atoms in total. The summed E-state index contributed by atoms with van der Waals surface area (Å²) in [4.78, 5) is 2.38. The number of sulfonamides is 1. The molecule has 0 aliphatic carbocycles. The van der Waals surface area contributed by atoms with E-state index in [-0.39, 0.29) is 4.90 Å². The van der Waals surface area contributed by atoms with Crippen molar-refractivity contribution >= 4 is 27.3 Å². The minimum absolute atomic E-state index is 0.200. The number of hydrogen-bond acceptors (Lipinski definition) is 5. The van der Waals surface area contributed by atoms with E-state index in [1.807, 2.05) is 0 Å². The van der Waals surface area contributed by atoms with Gasteiger partial charge in [-0.3, -0.25) is 4.31 Å². The van der Waals surface area contributed by atoms with Crippen LogP contribution in [0.25, 0.3) is 0 Å². The Morgan fingerprint density at radius 2 is 1.57 bits per heavy atom. The first kappa shape index (κ1) is 20.8. The maximum absolute atomic E-state index is 13.4. The summed E-state index contributed by atoms with van der Waals surface area (Å²) in [5.41, 5.74) is 0.548. The molecule has 2 aromatic rings. The van der Waals surface area contributed by atoms with Crippen LogP contribution in [0.5, 0.6) is 11.5 Å². The molecule has 0 spiro atoms. The predicted molar refractivity (Wildman–Crippen MR) is 111 cm³/mol. The molecule has 0 aromatic heterocycles. The molecule has 2 aromatic carbocycles. The Balaban J connectivity index is 1.98. The van der Waals surface area contributed by atoms with Crippen molar-refractivity contribution in [2.75, 3.05) is 43.7 Å². The molecule has 28 heavy (non-hydrogen) atoms. The number of likely N-dealkylation sites (N-methyl/N-ethyl adjacent to an activating group) is 1. The fourth-order valence-corrected chi connectivity index (χ4v) is 4.65. The summed E-state index contributed by atoms with van der Waals surface area (Å²) in [6, 6.07) is 11.5. The van der Waals surface area contributed by atoms with E-state index in [0.29, 0.717) is 48.5 Å². The van der Waals surface area contributed by atoms with Gasteiger partial charge in [-0.1, -0.05) is 25.4 Å². The van der Waals surface area contributed by atoms with E-state index in [2.05, 4.69) is 18.7 Å². The molecule has 3 rings (SSSR count). The molecule has 152 valence electrons. The first-order valence-corrected chi connectivity index (χ1v) is 11.2. The van der Waals surface area contributed by atoms with Gasteiger partial charge in [0, 0.05) is 24.2 Å². The summed E-state index contributed by atoms with van der Waals surface area (Å²) in [6.45, 7) is 7.71. The van der Waals surface area contributed by atoms with Crippen LogP contribution < -0.4 is 13.8 Å². The van der Waals surface area contributed by atoms with Crippen molar-refractivity contribution in [2.24, 2.45) is 0 Å². The van der Waals surface area contributed by atoms with Gasteiger partial charge < -0.3 is 14.4 Å². The van der Waals surface area contributed by atoms with Gasteiger partial charge in [0.1, 0.15) is 13.2 Å². The molecule has 0 atom stereocenters. The molecule has 0 fully saturated rings. The Hall–Kier alpha value is -1.96. The number of benzene rings is 2. The van der Waals surface area contributed by atoms with Gasteiger partial charge in [0.2, 0.25) is 0 Å². The minimum atomic E-state index is -3.76. The molecular formula is C20H25ClN2O4S. The molecule has 0 radical (unpaired) electrons. The van der Waals surface area contributed by atoms with Gasteiger partial charge in [-0.25, -0.2) is 8.42 Å². The highest BCUT2D eigenvalue weighted by molar-refractivity contribution is 7.92. The van der Waals surface area contributed by atoms with Crippen molar-refractivity contribution in [1.29, 1.82) is 0 Å². The molecule has 0 saturated carbocycles. The molecule has 0 bridgehead atoms. The number of ether oxygens (including phenoxy) is 2. The second kappa shape index (κ2) is 9.03. The fraction of sp³-hybridized carbons (Fsp3) is 0.400. The minimum Gasteiger partial charge on any atom is -0.486 e. The Morgan fingerprint density at radius 3 is 2.21 bits per heavy atom. The summed E-state index contributed by atoms with van der Waals surface area (Å²) in [5, 5.41) is 0.493. The van der Waals surface area contributed by atoms with Gasteiger partial charge in [-0.15, -0.1) is 0 Å². The van der Waals surface area contributed by atoms with Crippen molar-refractivity contribution in [1.82, 2.24) is 4.90 Å². The van der Waals surface area contributed by atoms with E-state index >= 15 is 0 Å². The molecule has 0 N–H and O–H groups in total. The first-order valence-electron chi connectivity index (χ1n) is 9.36. The lowest BCUT2D eigenvalue weighted by Crippen LogP contribution is -2.39. The lowest BCUT2D eigenvalue weighted by atomic mass is 10.2. The first-order chi connectivity index (χ1) is 13.5. The number of nitrogens with zero attached hydrogens (tertiary/aromatic N) is 2. The molecule has 0 saturated heterocycles. The molecule has 0 unspecified atom stereocenters. The van der Waals surface area contributed by atoms with Gasteiger partial charge >= 0.3 is 0 Å². The zero-order valence-corrected chi connectivity index (χ0v) is 17.7. The summed E-state index contributed by atoms with van der Waals surface area (Å²) in [5.74, 6) is 1.19. The van der Waals surface area contributed by atoms with Crippen LogP contribution in [0.15, 0.2) is 47.4 Å². The standard InChI is InChI=1S/C20H25ClN2O4S/c1-3-22(4-2)11-12-23(28(24,25)18-8-5-16(21)6-9-18)17-7-10-19-20(15-17)27-14-13-26-19/h5-10,15H,3-4,11-14H2,1-2H3. The lowest BCUT2D eigenvalue weighted by molar-refractivity contribution is 0.171. The summed E-state index contributed by atoms with van der Waals surface area (Å²) in [7, 11) is -3.76. The average molecular weight is 425 g/mol. The number of anilines is 1. The molecule has 1 aliphatic heterocycles. The Bertz CT molecular complexity index is 899. The van der Waals surface area contributed by atoms with Crippen LogP contribution in [0.1, 0.15) is 13.8 Å². The highest BCUT2D eigenvalue weighted by atomic mass is 35.5. The van der Waals surface area contributed by atoms with Gasteiger partial charge in [0.15, 0.2) is 11.5 Å². The summed E-state index contributed by atoms with van der Waals surface area (Å²) in [6.07, 6.45) is 0. The molecule has 1 aliphatic rings. The highest BCUT2D eigenvalue weighted by Crippen LogP contribution is 2.35. The van der Waals surface area contributed by atoms with Gasteiger partial charge in [0.05, 0.1) is 10.6 Å². The van der Waals surface area contributed by atoms with Gasteiger partial charge in [-0.2, -0.15) is 0 Å². The predicted octanol–water partition coefficient (Wildman–Crippen LogP) is 3.65. The van der Waals surface area contributed by atoms with E-state index in [1.54, 1.807) is 30.3 Å². The van der Waals surface area contributed by atoms with Crippen LogP contribution in [0.3, 0.4) is 0 Å². The van der Waals surface area contributed by atoms with E-state index < -0.39 is 10.0 Å². The summed E-state index contributed by atoms with van der Waals surface area (Å²) >= 11 is 5.93. The van der Waals surface area contributed by atoms with Crippen molar-refractivity contribution in [2.45, 2.75) is 18.7 Å². The van der Waals surface area contributed by atoms with Crippen molar-refractivity contribution < 1.29 is 17.9 Å². The van der Waals surface area contributed by atoms with Gasteiger partial charge in [-0.05, 0) is 49.5 Å². The quantitative estimate of drug-likeness (QED) is 0.647. The van der Waals surface area contributed by atoms with Crippen molar-refractivity contribution in [3.05, 3.63) is 47.5 Å². The topological polar surface area (TPSA) is 59.1 Å². The van der Waals surface area contributed by atoms with Crippen molar-refractivity contribution in [3.63, 3.8) is 0 Å². The van der Waals surface area contributed by atoms with Crippen LogP contribution in [-0.2, 0) is 10.0 Å². The second-order valence-electron chi connectivity index (χ2n) is 6.39. The second-order valence-corrected chi connectivity index (χ2v) is 8.68. The molecule has 0 amide bonds. The third-order valence-electron chi connectivity index (χ3n) is 4.73. The van der Waals surface area contributed by atoms with Crippen LogP contribution in [0.2, 0.25) is 5.02 Å². The number of fused-ring (bicyclic) bond motifs is 1. The third kappa shape index (κ3) is 4.54. The van der Waals surface area contributed by atoms with Crippen LogP contribution in [0, 0.1) is 0 Å². The zero-order chi connectivity index (χ0) is 20.1. The smallest absolute Gasteiger partial charge is 0.264 e. The molecule has 1 heterocycles. The van der Waals surface area contributed by atoms with E-state index in [4.69, 9.17) is 21.1 Å². The number of halogens is 1. The Morgan fingerprint density at radius 1 is 0.929 bits per heavy atom. The zero-order valence-electron chi connectivity index (χ0n) is 16.1. The summed E-state index contributed by atoms with van der Waals surface area (Å²) < 4.78 is 39.4. The number of hydrogen-bond donors (Lipinski definition) is 0. The van der Waals surface area contributed by atoms with Crippen LogP contribution in [-0.4, -0.2) is 52.7 Å². The van der Waals surface area contributed by atoms with E-state index in [0.717, 1.165) is 13.1 Å². The van der Waals surface area contributed by atoms with E-state index in [1.165, 1.54) is 16.4 Å². The molecule has 8 heteroatoms. The maximum Gasteiger partial charge on any atom is 0.264 e. The Labute approximate surface area is 171 Å². The van der Waals surface area contributed by atoms with Crippen LogP contribution >= 0.6 is 11.6 Å². The fourth-order valence-electron chi connectivity index (χ4n) is 3.08. The normalized spacial score (nSPS) is 13.6. The number of rotatable bonds is 8. The highest BCUT2D eigenvalue weighted by Gasteiger charge is 2.26. The van der Waals surface area contributed by atoms with Gasteiger partial charge in [0.25, 0.3) is 10.0 Å². The molecular weight excluding hydrogens is 400 g/mol. The maximum atomic E-state index is 13.4. The largest absolute Gasteiger partial charge is 0.486 e. The van der Waals surface area contributed by atoms with Crippen molar-refractivity contribution in [3.8, 4) is 11.5 Å². The monoisotopic (exact) mass is 424 g/mol. The lowest BCUT2D eigenvalue weighted by Gasteiger charge is -2.29. The van der Waals surface area contributed by atoms with Crippen LogP contribution in [0.4, 0.5) is 5.69 Å².